The molecule has 0 aromatic heterocycles. The molecule has 0 radical (unpaired) electrons. The Balaban J connectivity index is 2.32. The summed E-state index contributed by atoms with van der Waals surface area (Å²) in [6.45, 7) is 34.2. The van der Waals surface area contributed by atoms with Crippen molar-refractivity contribution in [3.63, 3.8) is 0 Å². The average molecular weight is 1040 g/mol. The third-order valence-corrected chi connectivity index (χ3v) is 18.5. The standard InChI is InChI=1S/C59H107B7O9/c1-19-58(20-2,34(5)52(67)38(9)70-17)74-37(8)47(63)30-44(26-28-61)57(15,16)45-32-49(65)55(50(66)33-45)73-40(11)53(68)35(6)59(21-3,22-4)75-36(7)46(62)29-43(25-27-60)56(13,14)42-23-24-51(48(64)31-42)72-41(12)54(69)39(10)71-18/h24-26,29-32,34-42,45,52-54,67-69H,19-23,27-28,33,60-66H2,1-18H3/b43-25+,44-26+,46-29+,47-30+/t34?,35?,36?,37-,38?,39?,40?,41?,42?,45?,52?,53?,54?/m1/s1. The number of ether oxygens (including phenoxy) is 6. The van der Waals surface area contributed by atoms with Gasteiger partial charge in [0, 0.05) is 26.1 Å². The van der Waals surface area contributed by atoms with Gasteiger partial charge in [-0.05, 0) is 120 Å². The van der Waals surface area contributed by atoms with Gasteiger partial charge in [-0.1, -0.05) is 146 Å². The molecule has 0 aliphatic heterocycles. The highest BCUT2D eigenvalue weighted by Crippen LogP contribution is 2.46. The van der Waals surface area contributed by atoms with Crippen LogP contribution in [0.2, 0.25) is 12.6 Å². The summed E-state index contributed by atoms with van der Waals surface area (Å²) in [5.41, 5.74) is 6.76. The Bertz CT molecular complexity index is 2070. The molecular weight excluding hydrogens is 928 g/mol. The number of aliphatic hydroxyl groups excluding tert-OH is 3. The number of rotatable bonds is 32. The SMILES string of the molecule is BC/C=C(\C=C(\B)C(C)OC(CC)(CC)C(C)C(O)C(C)OC1=C(B)CC(C(C)(C)C(/C=C(/B)[C@@H](C)OC(CC)(CC)C(C)C(O)C(C)OC)=C/CB)C=C1B)C(C)(C)C1C=C(B)C(OC(C)C(O)C(C)OC)=CC1. The normalized spacial score (nSPS) is 22.7. The summed E-state index contributed by atoms with van der Waals surface area (Å²) >= 11 is 0. The summed E-state index contributed by atoms with van der Waals surface area (Å²) in [5.74, 6) is 1.84. The van der Waals surface area contributed by atoms with Crippen molar-refractivity contribution in [1.82, 2.24) is 0 Å². The van der Waals surface area contributed by atoms with E-state index in [1.165, 1.54) is 16.6 Å². The molecule has 2 aliphatic carbocycles. The maximum atomic E-state index is 12.2. The molecule has 16 heteroatoms. The lowest BCUT2D eigenvalue weighted by molar-refractivity contribution is -0.155. The van der Waals surface area contributed by atoms with E-state index in [-0.39, 0.29) is 58.9 Å². The Morgan fingerprint density at radius 3 is 1.37 bits per heavy atom. The molecule has 9 nitrogen and oxygen atoms in total. The smallest absolute Gasteiger partial charge is 0.143 e. The predicted octanol–water partition coefficient (Wildman–Crippen LogP) is 5.99. The first-order chi connectivity index (χ1) is 34.9. The van der Waals surface area contributed by atoms with Crippen LogP contribution in [0.4, 0.5) is 0 Å². The summed E-state index contributed by atoms with van der Waals surface area (Å²) in [5, 5.41) is 34.1. The molecule has 3 N–H and O–H groups in total. The summed E-state index contributed by atoms with van der Waals surface area (Å²) in [6, 6.07) is 0. The van der Waals surface area contributed by atoms with Crippen LogP contribution in [0.25, 0.3) is 0 Å². The first-order valence-corrected chi connectivity index (χ1v) is 29.2. The van der Waals surface area contributed by atoms with Crippen LogP contribution < -0.4 is 0 Å². The molecular formula is C59H107B7O9. The van der Waals surface area contributed by atoms with Crippen LogP contribution in [-0.4, -0.2) is 151 Å². The molecule has 2 rings (SSSR count). The van der Waals surface area contributed by atoms with E-state index >= 15 is 0 Å². The van der Waals surface area contributed by atoms with Gasteiger partial charge in [0.2, 0.25) is 0 Å². The van der Waals surface area contributed by atoms with Crippen molar-refractivity contribution >= 4 is 54.9 Å². The van der Waals surface area contributed by atoms with Gasteiger partial charge in [0.05, 0.1) is 47.8 Å². The van der Waals surface area contributed by atoms with Gasteiger partial charge in [-0.25, -0.2) is 0 Å². The van der Waals surface area contributed by atoms with Crippen LogP contribution in [0, 0.1) is 34.5 Å². The first kappa shape index (κ1) is 68.8. The molecule has 0 fully saturated rings. The Morgan fingerprint density at radius 1 is 0.600 bits per heavy atom. The van der Waals surface area contributed by atoms with E-state index < -0.39 is 41.7 Å². The lowest BCUT2D eigenvalue weighted by Gasteiger charge is -2.44. The van der Waals surface area contributed by atoms with Gasteiger partial charge in [0.25, 0.3) is 0 Å². The molecule has 0 saturated carbocycles. The van der Waals surface area contributed by atoms with Crippen molar-refractivity contribution in [2.24, 2.45) is 34.5 Å². The Labute approximate surface area is 466 Å². The number of methoxy groups -OCH3 is 2. The minimum atomic E-state index is -0.777. The fourth-order valence-corrected chi connectivity index (χ4v) is 11.8. The van der Waals surface area contributed by atoms with Gasteiger partial charge in [-0.3, -0.25) is 0 Å². The van der Waals surface area contributed by atoms with E-state index in [1.54, 1.807) is 14.2 Å². The lowest BCUT2D eigenvalue weighted by Crippen LogP contribution is -2.49. The number of hydrogen-bond acceptors (Lipinski definition) is 9. The summed E-state index contributed by atoms with van der Waals surface area (Å²) in [4.78, 5) is 0. The van der Waals surface area contributed by atoms with Crippen LogP contribution in [0.5, 0.6) is 0 Å². The molecule has 12 unspecified atom stereocenters. The predicted molar refractivity (Wildman–Crippen MR) is 335 cm³/mol. The number of aliphatic hydroxyl groups is 3. The van der Waals surface area contributed by atoms with Gasteiger partial charge in [0.15, 0.2) is 0 Å². The maximum absolute atomic E-state index is 12.2. The van der Waals surface area contributed by atoms with Crippen LogP contribution >= 0.6 is 0 Å². The molecule has 0 aromatic carbocycles. The second kappa shape index (κ2) is 30.3. The molecule has 0 saturated heterocycles. The lowest BCUT2D eigenvalue weighted by atomic mass is 9.63. The van der Waals surface area contributed by atoms with Crippen molar-refractivity contribution in [2.45, 2.75) is 228 Å². The third kappa shape index (κ3) is 17.1. The maximum Gasteiger partial charge on any atom is 0.143 e. The Hall–Kier alpha value is -2.31. The van der Waals surface area contributed by atoms with Crippen LogP contribution in [0.15, 0.2) is 92.6 Å². The van der Waals surface area contributed by atoms with E-state index in [0.717, 1.165) is 84.6 Å². The van der Waals surface area contributed by atoms with E-state index in [4.69, 9.17) is 28.4 Å². The summed E-state index contributed by atoms with van der Waals surface area (Å²) in [6.07, 6.45) is 18.8. The number of allylic oxidation sites excluding steroid dienone is 12. The van der Waals surface area contributed by atoms with Crippen molar-refractivity contribution in [3.05, 3.63) is 92.6 Å². The van der Waals surface area contributed by atoms with E-state index in [9.17, 15) is 15.3 Å². The summed E-state index contributed by atoms with van der Waals surface area (Å²) < 4.78 is 38.2. The second-order valence-electron chi connectivity index (χ2n) is 24.0. The minimum Gasteiger partial charge on any atom is -0.490 e. The quantitative estimate of drug-likeness (QED) is 0.0553. The summed E-state index contributed by atoms with van der Waals surface area (Å²) in [7, 11) is 18.4. The topological polar surface area (TPSA) is 116 Å². The van der Waals surface area contributed by atoms with E-state index in [1.807, 2.05) is 27.7 Å². The van der Waals surface area contributed by atoms with Crippen molar-refractivity contribution < 1.29 is 43.7 Å². The van der Waals surface area contributed by atoms with Crippen LogP contribution in [-0.2, 0) is 28.4 Å². The van der Waals surface area contributed by atoms with Crippen LogP contribution in [0.1, 0.15) is 149 Å². The molecule has 418 valence electrons. The molecule has 75 heavy (non-hydrogen) atoms. The highest BCUT2D eigenvalue weighted by atomic mass is 16.5. The van der Waals surface area contributed by atoms with Gasteiger partial charge < -0.3 is 43.7 Å². The zero-order valence-corrected chi connectivity index (χ0v) is 52.5. The molecule has 0 bridgehead atoms. The Kier molecular flexibility index (Phi) is 27.8. The largest absolute Gasteiger partial charge is 0.490 e. The molecule has 2 aliphatic rings. The highest BCUT2D eigenvalue weighted by Gasteiger charge is 2.44. The van der Waals surface area contributed by atoms with E-state index in [2.05, 4.69) is 181 Å². The van der Waals surface area contributed by atoms with Gasteiger partial charge in [-0.2, -0.15) is 0 Å². The minimum absolute atomic E-state index is 0.114. The van der Waals surface area contributed by atoms with Gasteiger partial charge >= 0.3 is 0 Å². The van der Waals surface area contributed by atoms with Gasteiger partial charge in [0.1, 0.15) is 84.8 Å². The fraction of sp³-hybridized carbons (Fsp3) is 0.729. The van der Waals surface area contributed by atoms with Crippen molar-refractivity contribution in [1.29, 1.82) is 0 Å². The molecule has 13 atom stereocenters. The highest BCUT2D eigenvalue weighted by molar-refractivity contribution is 6.28. The van der Waals surface area contributed by atoms with Gasteiger partial charge in [-0.15, -0.1) is 0 Å². The first-order valence-electron chi connectivity index (χ1n) is 29.2. The second-order valence-corrected chi connectivity index (χ2v) is 24.0. The molecule has 0 aromatic rings. The fourth-order valence-electron chi connectivity index (χ4n) is 11.8. The molecule has 0 heterocycles. The number of hydrogen-bond donors (Lipinski definition) is 3. The zero-order chi connectivity index (χ0) is 57.6. The average Bonchev–Trinajstić information content (AvgIpc) is 3.38. The van der Waals surface area contributed by atoms with E-state index in [0.29, 0.717) is 0 Å². The monoisotopic (exact) mass is 1040 g/mol. The Morgan fingerprint density at radius 2 is 0.987 bits per heavy atom. The zero-order valence-electron chi connectivity index (χ0n) is 52.5. The third-order valence-electron chi connectivity index (χ3n) is 18.5. The molecule has 0 amide bonds. The van der Waals surface area contributed by atoms with Crippen LogP contribution in [0.3, 0.4) is 0 Å². The molecule has 0 spiro atoms. The van der Waals surface area contributed by atoms with Crippen molar-refractivity contribution in [2.75, 3.05) is 14.2 Å². The van der Waals surface area contributed by atoms with Crippen molar-refractivity contribution in [3.8, 4) is 0 Å².